The lowest BCUT2D eigenvalue weighted by Crippen LogP contribution is -2.27. The maximum atomic E-state index is 12.2. The Morgan fingerprint density at radius 1 is 1.28 bits per heavy atom. The predicted molar refractivity (Wildman–Crippen MR) is 102 cm³/mol. The normalized spacial score (nSPS) is 12.1. The molecule has 0 fully saturated rings. The number of carbonyl (C=O) groups excluding carboxylic acids is 1. The molecule has 0 bridgehead atoms. The second-order valence-electron chi connectivity index (χ2n) is 5.80. The van der Waals surface area contributed by atoms with Gasteiger partial charge in [-0.25, -0.2) is 0 Å². The Hall–Kier alpha value is -2.12. The van der Waals surface area contributed by atoms with Crippen molar-refractivity contribution in [2.75, 3.05) is 5.75 Å². The van der Waals surface area contributed by atoms with Crippen molar-refractivity contribution in [3.8, 4) is 5.69 Å². The van der Waals surface area contributed by atoms with Crippen molar-refractivity contribution in [2.24, 2.45) is 0 Å². The minimum Gasteiger partial charge on any atom is -0.348 e. The van der Waals surface area contributed by atoms with Crippen molar-refractivity contribution in [3.63, 3.8) is 0 Å². The zero-order valence-corrected chi connectivity index (χ0v) is 16.0. The molecule has 0 aliphatic heterocycles. The number of carbonyl (C=O) groups is 1. The minimum absolute atomic E-state index is 0.0117. The molecule has 7 heteroatoms. The van der Waals surface area contributed by atoms with Gasteiger partial charge in [0.05, 0.1) is 11.8 Å². The molecule has 2 heterocycles. The van der Waals surface area contributed by atoms with E-state index in [9.17, 15) is 4.79 Å². The SMILES string of the molecule is Cc1cccc(-n2c(C)nnc2SCC(=O)N[C@H](C)c2cccs2)c1. The highest BCUT2D eigenvalue weighted by Gasteiger charge is 2.15. The number of rotatable bonds is 6. The summed E-state index contributed by atoms with van der Waals surface area (Å²) in [4.78, 5) is 13.4. The predicted octanol–water partition coefficient (Wildman–Crippen LogP) is 3.92. The molecule has 3 rings (SSSR count). The van der Waals surface area contributed by atoms with Crippen LogP contribution in [0.2, 0.25) is 0 Å². The van der Waals surface area contributed by atoms with Crippen LogP contribution in [0.15, 0.2) is 46.9 Å². The maximum Gasteiger partial charge on any atom is 0.230 e. The van der Waals surface area contributed by atoms with Gasteiger partial charge in [-0.15, -0.1) is 21.5 Å². The number of hydrogen-bond donors (Lipinski definition) is 1. The third-order valence-corrected chi connectivity index (χ3v) is 5.72. The molecule has 25 heavy (non-hydrogen) atoms. The summed E-state index contributed by atoms with van der Waals surface area (Å²) in [6.07, 6.45) is 0. The first-order valence-corrected chi connectivity index (χ1v) is 9.85. The average Bonchev–Trinajstić information content (AvgIpc) is 3.22. The third kappa shape index (κ3) is 4.29. The van der Waals surface area contributed by atoms with E-state index < -0.39 is 0 Å². The standard InChI is InChI=1S/C18H20N4OS2/c1-12-6-4-7-15(10-12)22-14(3)20-21-18(22)25-11-17(23)19-13(2)16-8-5-9-24-16/h4-10,13H,11H2,1-3H3,(H,19,23)/t13-/m1/s1. The molecule has 0 saturated heterocycles. The smallest absolute Gasteiger partial charge is 0.230 e. The van der Waals surface area contributed by atoms with E-state index in [-0.39, 0.29) is 11.9 Å². The minimum atomic E-state index is -0.0117. The fraction of sp³-hybridized carbons (Fsp3) is 0.278. The second kappa shape index (κ2) is 7.84. The van der Waals surface area contributed by atoms with Crippen LogP contribution in [0.5, 0.6) is 0 Å². The fourth-order valence-corrected chi connectivity index (χ4v) is 4.07. The van der Waals surface area contributed by atoms with Gasteiger partial charge in [0.1, 0.15) is 5.82 Å². The highest BCUT2D eigenvalue weighted by atomic mass is 32.2. The molecular weight excluding hydrogens is 352 g/mol. The summed E-state index contributed by atoms with van der Waals surface area (Å²) in [5.41, 5.74) is 2.18. The van der Waals surface area contributed by atoms with Crippen LogP contribution >= 0.6 is 23.1 Å². The molecule has 0 radical (unpaired) electrons. The molecule has 1 N–H and O–H groups in total. The van der Waals surface area contributed by atoms with Crippen molar-refractivity contribution in [2.45, 2.75) is 32.0 Å². The Balaban J connectivity index is 1.67. The van der Waals surface area contributed by atoms with Gasteiger partial charge in [0.2, 0.25) is 5.91 Å². The first kappa shape index (κ1) is 17.7. The number of aromatic nitrogens is 3. The van der Waals surface area contributed by atoms with E-state index in [2.05, 4.69) is 34.6 Å². The number of benzene rings is 1. The monoisotopic (exact) mass is 372 g/mol. The molecule has 0 unspecified atom stereocenters. The van der Waals surface area contributed by atoms with Crippen LogP contribution in [0.25, 0.3) is 5.69 Å². The van der Waals surface area contributed by atoms with E-state index in [4.69, 9.17) is 0 Å². The Kier molecular flexibility index (Phi) is 5.55. The molecule has 0 spiro atoms. The van der Waals surface area contributed by atoms with Crippen LogP contribution in [-0.4, -0.2) is 26.4 Å². The fourth-order valence-electron chi connectivity index (χ4n) is 2.52. The molecule has 130 valence electrons. The molecule has 5 nitrogen and oxygen atoms in total. The summed E-state index contributed by atoms with van der Waals surface area (Å²) in [5.74, 6) is 1.10. The summed E-state index contributed by atoms with van der Waals surface area (Å²) in [7, 11) is 0. The lowest BCUT2D eigenvalue weighted by molar-refractivity contribution is -0.119. The lowest BCUT2D eigenvalue weighted by atomic mass is 10.2. The van der Waals surface area contributed by atoms with Crippen LogP contribution in [0.1, 0.15) is 29.2 Å². The summed E-state index contributed by atoms with van der Waals surface area (Å²) in [6.45, 7) is 5.96. The Bertz CT molecular complexity index is 858. The van der Waals surface area contributed by atoms with E-state index in [0.29, 0.717) is 5.75 Å². The molecule has 0 aliphatic rings. The molecular formula is C18H20N4OS2. The number of nitrogens with zero attached hydrogens (tertiary/aromatic N) is 3. The number of thiophene rings is 1. The average molecular weight is 373 g/mol. The Morgan fingerprint density at radius 3 is 2.84 bits per heavy atom. The van der Waals surface area contributed by atoms with Crippen LogP contribution < -0.4 is 5.32 Å². The van der Waals surface area contributed by atoms with Crippen molar-refractivity contribution in [1.82, 2.24) is 20.1 Å². The van der Waals surface area contributed by atoms with E-state index in [1.54, 1.807) is 11.3 Å². The number of aryl methyl sites for hydroxylation is 2. The van der Waals surface area contributed by atoms with E-state index in [1.807, 2.05) is 48.1 Å². The Labute approximate surface area is 155 Å². The highest BCUT2D eigenvalue weighted by molar-refractivity contribution is 7.99. The van der Waals surface area contributed by atoms with E-state index >= 15 is 0 Å². The van der Waals surface area contributed by atoms with Crippen LogP contribution in [-0.2, 0) is 4.79 Å². The van der Waals surface area contributed by atoms with Crippen LogP contribution in [0.4, 0.5) is 0 Å². The quantitative estimate of drug-likeness (QED) is 0.667. The van der Waals surface area contributed by atoms with E-state index in [1.165, 1.54) is 17.3 Å². The summed E-state index contributed by atoms with van der Waals surface area (Å²) >= 11 is 3.04. The van der Waals surface area contributed by atoms with Gasteiger partial charge in [-0.3, -0.25) is 9.36 Å². The van der Waals surface area contributed by atoms with Gasteiger partial charge in [0.25, 0.3) is 0 Å². The second-order valence-corrected chi connectivity index (χ2v) is 7.72. The molecule has 1 atom stereocenters. The van der Waals surface area contributed by atoms with Gasteiger partial charge < -0.3 is 5.32 Å². The Morgan fingerprint density at radius 2 is 2.12 bits per heavy atom. The molecule has 3 aromatic rings. The molecule has 0 saturated carbocycles. The van der Waals surface area contributed by atoms with Gasteiger partial charge >= 0.3 is 0 Å². The maximum absolute atomic E-state index is 12.2. The first-order valence-electron chi connectivity index (χ1n) is 7.99. The number of amides is 1. The molecule has 2 aromatic heterocycles. The van der Waals surface area contributed by atoms with Gasteiger partial charge in [-0.05, 0) is 49.9 Å². The van der Waals surface area contributed by atoms with Crippen molar-refractivity contribution in [3.05, 3.63) is 58.0 Å². The number of hydrogen-bond acceptors (Lipinski definition) is 5. The molecule has 1 aromatic carbocycles. The lowest BCUT2D eigenvalue weighted by Gasteiger charge is -2.12. The summed E-state index contributed by atoms with van der Waals surface area (Å²) in [6, 6.07) is 12.2. The zero-order chi connectivity index (χ0) is 17.8. The van der Waals surface area contributed by atoms with Gasteiger partial charge in [0.15, 0.2) is 5.16 Å². The highest BCUT2D eigenvalue weighted by Crippen LogP contribution is 2.23. The summed E-state index contributed by atoms with van der Waals surface area (Å²) in [5, 5.41) is 14.1. The third-order valence-electron chi connectivity index (χ3n) is 3.73. The van der Waals surface area contributed by atoms with E-state index in [0.717, 1.165) is 21.5 Å². The number of nitrogens with one attached hydrogen (secondary N) is 1. The molecule has 0 aliphatic carbocycles. The van der Waals surface area contributed by atoms with Crippen LogP contribution in [0.3, 0.4) is 0 Å². The van der Waals surface area contributed by atoms with Crippen molar-refractivity contribution < 1.29 is 4.79 Å². The van der Waals surface area contributed by atoms with Gasteiger partial charge in [0, 0.05) is 10.6 Å². The van der Waals surface area contributed by atoms with Gasteiger partial charge in [-0.1, -0.05) is 30.0 Å². The molecule has 1 amide bonds. The summed E-state index contributed by atoms with van der Waals surface area (Å²) < 4.78 is 1.98. The van der Waals surface area contributed by atoms with Crippen LogP contribution in [0, 0.1) is 13.8 Å². The topological polar surface area (TPSA) is 59.8 Å². The zero-order valence-electron chi connectivity index (χ0n) is 14.4. The van der Waals surface area contributed by atoms with Crippen molar-refractivity contribution >= 4 is 29.0 Å². The largest absolute Gasteiger partial charge is 0.348 e. The van der Waals surface area contributed by atoms with Gasteiger partial charge in [-0.2, -0.15) is 0 Å². The number of thioether (sulfide) groups is 1. The first-order chi connectivity index (χ1) is 12.0. The van der Waals surface area contributed by atoms with Crippen molar-refractivity contribution in [1.29, 1.82) is 0 Å².